The summed E-state index contributed by atoms with van der Waals surface area (Å²) in [5.74, 6) is -0.568. The van der Waals surface area contributed by atoms with Crippen LogP contribution in [0.4, 0.5) is 0 Å². The van der Waals surface area contributed by atoms with Crippen LogP contribution >= 0.6 is 0 Å². The number of guanidine groups is 1. The number of rotatable bonds is 2. The van der Waals surface area contributed by atoms with Gasteiger partial charge in [-0.05, 0) is 18.1 Å². The molecule has 0 aliphatic heterocycles. The smallest absolute Gasteiger partial charge is 0.253 e. The normalized spacial score (nSPS) is 10.6. The number of benzene rings is 1. The van der Waals surface area contributed by atoms with Crippen LogP contribution in [0.25, 0.3) is 10.9 Å². The first kappa shape index (κ1) is 12.1. The van der Waals surface area contributed by atoms with E-state index in [1.165, 1.54) is 0 Å². The number of carbonyl (C=O) groups excluding carboxylic acids is 1. The average Bonchev–Trinajstić information content (AvgIpc) is 2.64. The molecular weight excluding hydrogens is 230 g/mol. The zero-order valence-electron chi connectivity index (χ0n) is 10.3. The molecule has 0 spiro atoms. The number of nitrogens with zero attached hydrogens (tertiary/aromatic N) is 3. The zero-order valence-corrected chi connectivity index (χ0v) is 10.3. The lowest BCUT2D eigenvalue weighted by Gasteiger charge is -2.07. The van der Waals surface area contributed by atoms with Crippen molar-refractivity contribution < 1.29 is 4.79 Å². The van der Waals surface area contributed by atoms with E-state index < -0.39 is 0 Å². The Bertz CT molecular complexity index is 637. The van der Waals surface area contributed by atoms with Crippen LogP contribution in [-0.2, 0) is 18.3 Å². The van der Waals surface area contributed by atoms with Crippen molar-refractivity contribution in [2.45, 2.75) is 13.3 Å². The maximum atomic E-state index is 11.7. The molecule has 1 amide bonds. The van der Waals surface area contributed by atoms with Gasteiger partial charge in [0.05, 0.1) is 18.1 Å². The molecule has 0 aliphatic carbocycles. The quantitative estimate of drug-likeness (QED) is 0.584. The van der Waals surface area contributed by atoms with Gasteiger partial charge in [0.1, 0.15) is 0 Å². The molecule has 0 bridgehead atoms. The van der Waals surface area contributed by atoms with Crippen molar-refractivity contribution >= 4 is 22.8 Å². The Kier molecular flexibility index (Phi) is 3.01. The van der Waals surface area contributed by atoms with Gasteiger partial charge in [-0.1, -0.05) is 12.1 Å². The molecule has 0 atom stereocenters. The molecule has 0 saturated heterocycles. The van der Waals surface area contributed by atoms with Crippen molar-refractivity contribution in [3.8, 4) is 0 Å². The topological polar surface area (TPSA) is 99.3 Å². The lowest BCUT2D eigenvalue weighted by atomic mass is 10.0. The Morgan fingerprint density at radius 2 is 2.17 bits per heavy atom. The third-order valence-corrected chi connectivity index (χ3v) is 2.82. The molecule has 0 fully saturated rings. The van der Waals surface area contributed by atoms with Crippen LogP contribution in [0.15, 0.2) is 23.3 Å². The van der Waals surface area contributed by atoms with E-state index in [2.05, 4.69) is 10.1 Å². The second-order valence-corrected chi connectivity index (χ2v) is 4.17. The summed E-state index contributed by atoms with van der Waals surface area (Å²) in [6.45, 7) is 1.95. The predicted octanol–water partition coefficient (Wildman–Crippen LogP) is 0.224. The zero-order chi connectivity index (χ0) is 13.3. The molecule has 1 aromatic heterocycles. The standard InChI is InChI=1S/C12H15N5O/c1-7-3-4-8-6-15-17(2)11(8)9(7)5-10(18)16-12(13)14/h3-4,6H,5H2,1-2H3,(H4,13,14,16,18). The fourth-order valence-corrected chi connectivity index (χ4v) is 2.01. The van der Waals surface area contributed by atoms with E-state index in [1.54, 1.807) is 10.9 Å². The van der Waals surface area contributed by atoms with Gasteiger partial charge in [0.15, 0.2) is 5.96 Å². The summed E-state index contributed by atoms with van der Waals surface area (Å²) < 4.78 is 1.75. The number of aryl methyl sites for hydroxylation is 2. The third-order valence-electron chi connectivity index (χ3n) is 2.82. The van der Waals surface area contributed by atoms with Crippen LogP contribution in [0, 0.1) is 6.92 Å². The molecule has 0 radical (unpaired) electrons. The maximum Gasteiger partial charge on any atom is 0.253 e. The van der Waals surface area contributed by atoms with Crippen LogP contribution in [0.2, 0.25) is 0 Å². The maximum absolute atomic E-state index is 11.7. The lowest BCUT2D eigenvalue weighted by molar-refractivity contribution is -0.117. The van der Waals surface area contributed by atoms with Crippen molar-refractivity contribution in [3.63, 3.8) is 0 Å². The molecule has 2 rings (SSSR count). The summed E-state index contributed by atoms with van der Waals surface area (Å²) in [5.41, 5.74) is 13.3. The Morgan fingerprint density at radius 1 is 1.44 bits per heavy atom. The van der Waals surface area contributed by atoms with Gasteiger partial charge in [0.25, 0.3) is 5.91 Å². The minimum absolute atomic E-state index is 0.167. The van der Waals surface area contributed by atoms with E-state index in [1.807, 2.05) is 26.1 Å². The van der Waals surface area contributed by atoms with Gasteiger partial charge in [0.2, 0.25) is 0 Å². The summed E-state index contributed by atoms with van der Waals surface area (Å²) >= 11 is 0. The Balaban J connectivity index is 2.49. The number of aromatic nitrogens is 2. The summed E-state index contributed by atoms with van der Waals surface area (Å²) in [6, 6.07) is 3.94. The van der Waals surface area contributed by atoms with E-state index >= 15 is 0 Å². The van der Waals surface area contributed by atoms with Crippen molar-refractivity contribution in [3.05, 3.63) is 29.5 Å². The highest BCUT2D eigenvalue weighted by atomic mass is 16.1. The van der Waals surface area contributed by atoms with Crippen LogP contribution in [0.5, 0.6) is 0 Å². The molecule has 1 aromatic carbocycles. The van der Waals surface area contributed by atoms with Crippen LogP contribution in [0.1, 0.15) is 11.1 Å². The van der Waals surface area contributed by atoms with E-state index in [0.717, 1.165) is 22.0 Å². The van der Waals surface area contributed by atoms with E-state index in [9.17, 15) is 4.79 Å². The van der Waals surface area contributed by atoms with Gasteiger partial charge in [0, 0.05) is 12.4 Å². The number of nitrogens with two attached hydrogens (primary N) is 2. The molecule has 6 heteroatoms. The van der Waals surface area contributed by atoms with Crippen LogP contribution in [-0.4, -0.2) is 21.6 Å². The fourth-order valence-electron chi connectivity index (χ4n) is 2.01. The summed E-state index contributed by atoms with van der Waals surface area (Å²) in [4.78, 5) is 15.2. The molecule has 0 aliphatic rings. The van der Waals surface area contributed by atoms with Crippen LogP contribution < -0.4 is 11.5 Å². The van der Waals surface area contributed by atoms with Gasteiger partial charge in [-0.3, -0.25) is 9.48 Å². The van der Waals surface area contributed by atoms with Crippen molar-refractivity contribution in [2.24, 2.45) is 23.5 Å². The number of aliphatic imine (C=N–C) groups is 1. The SMILES string of the molecule is Cc1ccc2cnn(C)c2c1CC(=O)N=C(N)N. The Hall–Kier alpha value is -2.37. The minimum Gasteiger partial charge on any atom is -0.370 e. The summed E-state index contributed by atoms with van der Waals surface area (Å²) in [5, 5.41) is 5.18. The summed E-state index contributed by atoms with van der Waals surface area (Å²) in [7, 11) is 1.84. The first-order valence-electron chi connectivity index (χ1n) is 5.51. The molecule has 2 aromatic rings. The van der Waals surface area contributed by atoms with Gasteiger partial charge in [-0.25, -0.2) is 0 Å². The van der Waals surface area contributed by atoms with E-state index in [-0.39, 0.29) is 18.3 Å². The van der Waals surface area contributed by atoms with Crippen molar-refractivity contribution in [1.82, 2.24) is 9.78 Å². The molecule has 6 nitrogen and oxygen atoms in total. The van der Waals surface area contributed by atoms with E-state index in [4.69, 9.17) is 11.5 Å². The number of hydrogen-bond acceptors (Lipinski definition) is 2. The number of carbonyl (C=O) groups is 1. The lowest BCUT2D eigenvalue weighted by Crippen LogP contribution is -2.24. The van der Waals surface area contributed by atoms with Gasteiger partial charge < -0.3 is 11.5 Å². The highest BCUT2D eigenvalue weighted by Crippen LogP contribution is 2.22. The Labute approximate surface area is 104 Å². The van der Waals surface area contributed by atoms with E-state index in [0.29, 0.717) is 0 Å². The predicted molar refractivity (Wildman–Crippen MR) is 70.0 cm³/mol. The highest BCUT2D eigenvalue weighted by molar-refractivity contribution is 5.95. The minimum atomic E-state index is -0.355. The number of hydrogen-bond donors (Lipinski definition) is 2. The van der Waals surface area contributed by atoms with Crippen molar-refractivity contribution in [2.75, 3.05) is 0 Å². The molecule has 4 N–H and O–H groups in total. The Morgan fingerprint density at radius 3 is 2.83 bits per heavy atom. The molecule has 18 heavy (non-hydrogen) atoms. The largest absolute Gasteiger partial charge is 0.370 e. The van der Waals surface area contributed by atoms with Crippen LogP contribution in [0.3, 0.4) is 0 Å². The second kappa shape index (κ2) is 4.48. The van der Waals surface area contributed by atoms with Gasteiger partial charge in [-0.2, -0.15) is 10.1 Å². The first-order valence-corrected chi connectivity index (χ1v) is 5.51. The first-order chi connectivity index (χ1) is 8.49. The average molecular weight is 245 g/mol. The molecular formula is C12H15N5O. The second-order valence-electron chi connectivity index (χ2n) is 4.17. The third kappa shape index (κ3) is 2.17. The van der Waals surface area contributed by atoms with Gasteiger partial charge in [-0.15, -0.1) is 0 Å². The molecule has 0 unspecified atom stereocenters. The van der Waals surface area contributed by atoms with Crippen molar-refractivity contribution in [1.29, 1.82) is 0 Å². The summed E-state index contributed by atoms with van der Waals surface area (Å²) in [6.07, 6.45) is 1.93. The molecule has 1 heterocycles. The number of fused-ring (bicyclic) bond motifs is 1. The molecule has 0 saturated carbocycles. The fraction of sp³-hybridized carbons (Fsp3) is 0.250. The molecule has 94 valence electrons. The monoisotopic (exact) mass is 245 g/mol. The highest BCUT2D eigenvalue weighted by Gasteiger charge is 2.12. The number of amides is 1. The van der Waals surface area contributed by atoms with Gasteiger partial charge >= 0.3 is 0 Å².